The Morgan fingerprint density at radius 3 is 2.16 bits per heavy atom. The minimum atomic E-state index is 0.238. The second-order valence-corrected chi connectivity index (χ2v) is 7.20. The van der Waals surface area contributed by atoms with Gasteiger partial charge in [0, 0.05) is 24.2 Å². The Bertz CT molecular complexity index is 342. The van der Waals surface area contributed by atoms with Crippen molar-refractivity contribution in [3.63, 3.8) is 0 Å². The fraction of sp³-hybridized carbons (Fsp3) is 0.812. The van der Waals surface area contributed by atoms with Gasteiger partial charge in [-0.25, -0.2) is 0 Å². The van der Waals surface area contributed by atoms with Crippen LogP contribution in [0.5, 0.6) is 0 Å². The van der Waals surface area contributed by atoms with Crippen LogP contribution < -0.4 is 5.32 Å². The average Bonchev–Trinajstić information content (AvgIpc) is 2.66. The molecule has 0 amide bonds. The van der Waals surface area contributed by atoms with Gasteiger partial charge in [-0.2, -0.15) is 0 Å². The third-order valence-electron chi connectivity index (χ3n) is 5.32. The Morgan fingerprint density at radius 2 is 1.74 bits per heavy atom. The number of rotatable bonds is 6. The molecule has 0 unspecified atom stereocenters. The van der Waals surface area contributed by atoms with Gasteiger partial charge in [0.05, 0.1) is 6.61 Å². The Labute approximate surface area is 118 Å². The van der Waals surface area contributed by atoms with E-state index in [0.717, 1.165) is 0 Å². The maximum atomic E-state index is 7.77. The minimum absolute atomic E-state index is 0.238. The van der Waals surface area contributed by atoms with Crippen LogP contribution in [0.15, 0.2) is 12.3 Å². The molecular formula is C16H30N2O. The van der Waals surface area contributed by atoms with Gasteiger partial charge < -0.3 is 10.1 Å². The van der Waals surface area contributed by atoms with E-state index in [1.54, 1.807) is 6.08 Å². The van der Waals surface area contributed by atoms with Gasteiger partial charge in [0.2, 0.25) is 5.90 Å². The molecule has 1 fully saturated rings. The molecule has 2 N–H and O–H groups in total. The lowest BCUT2D eigenvalue weighted by Gasteiger charge is -2.15. The highest BCUT2D eigenvalue weighted by atomic mass is 16.5. The van der Waals surface area contributed by atoms with Crippen molar-refractivity contribution < 1.29 is 4.74 Å². The normalized spacial score (nSPS) is 22.5. The van der Waals surface area contributed by atoms with Crippen molar-refractivity contribution in [1.82, 2.24) is 5.32 Å². The van der Waals surface area contributed by atoms with Crippen LogP contribution in [0, 0.1) is 28.1 Å². The molecule has 19 heavy (non-hydrogen) atoms. The van der Waals surface area contributed by atoms with Crippen LogP contribution in [-0.2, 0) is 4.74 Å². The molecule has 0 radical (unpaired) electrons. The van der Waals surface area contributed by atoms with Crippen LogP contribution in [0.4, 0.5) is 0 Å². The quantitative estimate of drug-likeness (QED) is 0.567. The second kappa shape index (κ2) is 5.56. The first kappa shape index (κ1) is 16.1. The highest BCUT2D eigenvalue weighted by Crippen LogP contribution is 2.68. The minimum Gasteiger partial charge on any atom is -0.478 e. The molecule has 3 heteroatoms. The van der Waals surface area contributed by atoms with Crippen molar-refractivity contribution in [3.8, 4) is 0 Å². The zero-order valence-electron chi connectivity index (χ0n) is 13.5. The lowest BCUT2D eigenvalue weighted by atomic mass is 10.0. The summed E-state index contributed by atoms with van der Waals surface area (Å²) in [4.78, 5) is 0. The van der Waals surface area contributed by atoms with Crippen molar-refractivity contribution in [2.75, 3.05) is 6.61 Å². The first-order valence-corrected chi connectivity index (χ1v) is 7.24. The number of ether oxygens (including phenoxy) is 1. The van der Waals surface area contributed by atoms with Gasteiger partial charge in [0.1, 0.15) is 0 Å². The summed E-state index contributed by atoms with van der Waals surface area (Å²) < 4.78 is 5.54. The van der Waals surface area contributed by atoms with Gasteiger partial charge in [-0.1, -0.05) is 41.5 Å². The molecule has 1 atom stereocenters. The molecule has 0 aromatic heterocycles. The highest BCUT2D eigenvalue weighted by Gasteiger charge is 2.64. The van der Waals surface area contributed by atoms with Crippen LogP contribution >= 0.6 is 0 Å². The summed E-state index contributed by atoms with van der Waals surface area (Å²) in [6.07, 6.45) is 3.51. The van der Waals surface area contributed by atoms with E-state index in [4.69, 9.17) is 10.1 Å². The zero-order chi connectivity index (χ0) is 14.8. The largest absolute Gasteiger partial charge is 0.478 e. The molecule has 1 aliphatic carbocycles. The Morgan fingerprint density at radius 1 is 1.21 bits per heavy atom. The van der Waals surface area contributed by atoms with Gasteiger partial charge in [0.25, 0.3) is 0 Å². The average molecular weight is 266 g/mol. The summed E-state index contributed by atoms with van der Waals surface area (Å²) in [6.45, 7) is 16.2. The van der Waals surface area contributed by atoms with Crippen molar-refractivity contribution in [3.05, 3.63) is 12.3 Å². The topological polar surface area (TPSA) is 45.1 Å². The van der Waals surface area contributed by atoms with E-state index in [1.807, 2.05) is 6.20 Å². The molecule has 110 valence electrons. The van der Waals surface area contributed by atoms with Gasteiger partial charge in [-0.3, -0.25) is 5.41 Å². The van der Waals surface area contributed by atoms with E-state index >= 15 is 0 Å². The maximum absolute atomic E-state index is 7.77. The second-order valence-electron chi connectivity index (χ2n) is 7.20. The molecule has 0 spiro atoms. The first-order valence-electron chi connectivity index (χ1n) is 7.24. The van der Waals surface area contributed by atoms with Gasteiger partial charge in [0.15, 0.2) is 0 Å². The molecule has 3 nitrogen and oxygen atoms in total. The van der Waals surface area contributed by atoms with Crippen LogP contribution in [0.2, 0.25) is 0 Å². The molecule has 1 aliphatic rings. The third kappa shape index (κ3) is 3.52. The third-order valence-corrected chi connectivity index (χ3v) is 5.32. The standard InChI is InChI=1S/C16H30N2O/c1-11(2)12(3)18-9-8-14(17)19-10-13-15(4,5)16(13,6)7/h8-9,11-13,17-18H,10H2,1-7H3/b9-8-,17-14?/t12-/m1/s1. The zero-order valence-corrected chi connectivity index (χ0v) is 13.5. The molecule has 0 bridgehead atoms. The predicted octanol–water partition coefficient (Wildman–Crippen LogP) is 3.81. The smallest absolute Gasteiger partial charge is 0.207 e. The van der Waals surface area contributed by atoms with Gasteiger partial charge in [-0.05, 0) is 23.7 Å². The van der Waals surface area contributed by atoms with E-state index in [0.29, 0.717) is 35.3 Å². The summed E-state index contributed by atoms with van der Waals surface area (Å²) in [5, 5.41) is 11.0. The van der Waals surface area contributed by atoms with Crippen LogP contribution in [0.1, 0.15) is 48.5 Å². The van der Waals surface area contributed by atoms with E-state index in [2.05, 4.69) is 53.8 Å². The highest BCUT2D eigenvalue weighted by molar-refractivity contribution is 5.84. The van der Waals surface area contributed by atoms with E-state index in [9.17, 15) is 0 Å². The Kier molecular flexibility index (Phi) is 4.70. The monoisotopic (exact) mass is 266 g/mol. The molecule has 1 rings (SSSR count). The van der Waals surface area contributed by atoms with Crippen molar-refractivity contribution in [2.45, 2.75) is 54.5 Å². The Hall–Kier alpha value is -0.990. The molecule has 0 heterocycles. The summed E-state index contributed by atoms with van der Waals surface area (Å²) >= 11 is 0. The first-order chi connectivity index (χ1) is 8.60. The lowest BCUT2D eigenvalue weighted by Crippen LogP contribution is -2.26. The number of hydrogen-bond acceptors (Lipinski definition) is 3. The molecule has 0 aliphatic heterocycles. The summed E-state index contributed by atoms with van der Waals surface area (Å²) in [5.74, 6) is 1.35. The maximum Gasteiger partial charge on any atom is 0.207 e. The van der Waals surface area contributed by atoms with Crippen molar-refractivity contribution in [2.24, 2.45) is 22.7 Å². The van der Waals surface area contributed by atoms with Crippen LogP contribution in [0.3, 0.4) is 0 Å². The molecular weight excluding hydrogens is 236 g/mol. The van der Waals surface area contributed by atoms with Crippen LogP contribution in [0.25, 0.3) is 0 Å². The van der Waals surface area contributed by atoms with Crippen LogP contribution in [-0.4, -0.2) is 18.5 Å². The molecule has 1 saturated carbocycles. The summed E-state index contributed by atoms with van der Waals surface area (Å²) in [6, 6.07) is 0.408. The summed E-state index contributed by atoms with van der Waals surface area (Å²) in [7, 11) is 0. The summed E-state index contributed by atoms with van der Waals surface area (Å²) in [5.41, 5.74) is 0.642. The lowest BCUT2D eigenvalue weighted by molar-refractivity contribution is 0.260. The van der Waals surface area contributed by atoms with E-state index in [1.165, 1.54) is 0 Å². The number of hydrogen-bond donors (Lipinski definition) is 2. The molecule has 0 aromatic rings. The molecule has 0 aromatic carbocycles. The molecule has 0 saturated heterocycles. The van der Waals surface area contributed by atoms with E-state index in [-0.39, 0.29) is 5.90 Å². The Balaban J connectivity index is 2.28. The van der Waals surface area contributed by atoms with Crippen molar-refractivity contribution in [1.29, 1.82) is 5.41 Å². The van der Waals surface area contributed by atoms with Gasteiger partial charge >= 0.3 is 0 Å². The SMILES string of the molecule is CC(C)[C@@H](C)N/C=C\C(=N)OCC1C(C)(C)C1(C)C. The predicted molar refractivity (Wildman–Crippen MR) is 81.3 cm³/mol. The van der Waals surface area contributed by atoms with E-state index < -0.39 is 0 Å². The number of nitrogens with one attached hydrogen (secondary N) is 2. The van der Waals surface area contributed by atoms with Gasteiger partial charge in [-0.15, -0.1) is 0 Å². The fourth-order valence-corrected chi connectivity index (χ4v) is 2.44. The van der Waals surface area contributed by atoms with Crippen molar-refractivity contribution >= 4 is 5.90 Å². The fourth-order valence-electron chi connectivity index (χ4n) is 2.44.